The highest BCUT2D eigenvalue weighted by molar-refractivity contribution is 8.02. The molecular weight excluding hydrogens is 138 g/mol. The van der Waals surface area contributed by atoms with Gasteiger partial charge in [-0.25, -0.2) is 9.69 Å². The second kappa shape index (κ2) is 1.44. The molecule has 0 aromatic carbocycles. The predicted octanol–water partition coefficient (Wildman–Crippen LogP) is 1.33. The van der Waals surface area contributed by atoms with E-state index in [0.29, 0.717) is 0 Å². The predicted molar refractivity (Wildman–Crippen MR) is 33.5 cm³/mol. The Kier molecular flexibility index (Phi) is 0.829. The first-order valence-corrected chi connectivity index (χ1v) is 3.55. The van der Waals surface area contributed by atoms with E-state index in [0.717, 1.165) is 5.70 Å². The van der Waals surface area contributed by atoms with Gasteiger partial charge in [-0.1, -0.05) is 11.8 Å². The van der Waals surface area contributed by atoms with Crippen LogP contribution in [0.25, 0.3) is 0 Å². The van der Waals surface area contributed by atoms with Crippen LogP contribution in [-0.4, -0.2) is 16.6 Å². The van der Waals surface area contributed by atoms with E-state index < -0.39 is 0 Å². The third-order valence-electron chi connectivity index (χ3n) is 1.34. The highest BCUT2D eigenvalue weighted by atomic mass is 32.2. The summed E-state index contributed by atoms with van der Waals surface area (Å²) in [5.41, 5.74) is 0.943. The number of amides is 1. The smallest absolute Gasteiger partial charge is 0.414 e. The normalized spacial score (nSPS) is 30.8. The van der Waals surface area contributed by atoms with Crippen LogP contribution in [-0.2, 0) is 4.74 Å². The Bertz CT molecular complexity index is 201. The average Bonchev–Trinajstić information content (AvgIpc) is 2.04. The maximum Gasteiger partial charge on any atom is 0.420 e. The molecule has 2 heterocycles. The van der Waals surface area contributed by atoms with Crippen LogP contribution in [0, 0.1) is 0 Å². The van der Waals surface area contributed by atoms with Crippen LogP contribution in [0.1, 0.15) is 6.92 Å². The molecule has 0 aromatic heterocycles. The molecule has 0 radical (unpaired) electrons. The Morgan fingerprint density at radius 2 is 2.67 bits per heavy atom. The summed E-state index contributed by atoms with van der Waals surface area (Å²) >= 11 is 1.52. The van der Waals surface area contributed by atoms with Crippen molar-refractivity contribution in [3.63, 3.8) is 0 Å². The fourth-order valence-corrected chi connectivity index (χ4v) is 1.78. The molecule has 48 valence electrons. The number of thioether (sulfide) groups is 1. The van der Waals surface area contributed by atoms with Gasteiger partial charge >= 0.3 is 6.09 Å². The zero-order valence-electron chi connectivity index (χ0n) is 4.83. The minimum atomic E-state index is -0.223. The SMILES string of the molecule is CC1=CS[C@H]2OC(=O)N12. The summed E-state index contributed by atoms with van der Waals surface area (Å²) in [4.78, 5) is 12.2. The van der Waals surface area contributed by atoms with E-state index in [4.69, 9.17) is 4.74 Å². The number of hydrogen-bond acceptors (Lipinski definition) is 3. The van der Waals surface area contributed by atoms with Crippen LogP contribution in [0.3, 0.4) is 0 Å². The maximum atomic E-state index is 10.6. The van der Waals surface area contributed by atoms with Gasteiger partial charge in [0, 0.05) is 5.70 Å². The van der Waals surface area contributed by atoms with Crippen molar-refractivity contribution < 1.29 is 9.53 Å². The highest BCUT2D eigenvalue weighted by Gasteiger charge is 2.43. The van der Waals surface area contributed by atoms with Crippen molar-refractivity contribution in [2.24, 2.45) is 0 Å². The van der Waals surface area contributed by atoms with Crippen LogP contribution in [0.5, 0.6) is 0 Å². The molecule has 4 heteroatoms. The van der Waals surface area contributed by atoms with Gasteiger partial charge in [0.15, 0.2) is 0 Å². The summed E-state index contributed by atoms with van der Waals surface area (Å²) in [6, 6.07) is 0. The summed E-state index contributed by atoms with van der Waals surface area (Å²) in [5, 5.41) is 1.93. The third-order valence-corrected chi connectivity index (χ3v) is 2.36. The lowest BCUT2D eigenvalue weighted by atomic mass is 10.5. The van der Waals surface area contributed by atoms with Gasteiger partial charge in [0.1, 0.15) is 0 Å². The lowest BCUT2D eigenvalue weighted by Gasteiger charge is -2.33. The second-order valence-corrected chi connectivity index (χ2v) is 2.87. The molecule has 0 unspecified atom stereocenters. The quantitative estimate of drug-likeness (QED) is 0.512. The summed E-state index contributed by atoms with van der Waals surface area (Å²) < 4.78 is 4.73. The van der Waals surface area contributed by atoms with Gasteiger partial charge < -0.3 is 4.74 Å². The molecule has 0 bridgehead atoms. The molecule has 2 aliphatic rings. The third kappa shape index (κ3) is 0.510. The van der Waals surface area contributed by atoms with Crippen LogP contribution in [0.15, 0.2) is 11.1 Å². The molecule has 1 atom stereocenters. The van der Waals surface area contributed by atoms with Crippen molar-refractivity contribution in [1.82, 2.24) is 4.90 Å². The van der Waals surface area contributed by atoms with Gasteiger partial charge in [-0.15, -0.1) is 0 Å². The zero-order chi connectivity index (χ0) is 6.43. The van der Waals surface area contributed by atoms with Crippen LogP contribution >= 0.6 is 11.8 Å². The molecule has 0 N–H and O–H groups in total. The number of rotatable bonds is 0. The molecule has 1 amide bonds. The Balaban J connectivity index is 2.24. The summed E-state index contributed by atoms with van der Waals surface area (Å²) in [6.45, 7) is 1.90. The van der Waals surface area contributed by atoms with Crippen molar-refractivity contribution in [2.75, 3.05) is 0 Å². The largest absolute Gasteiger partial charge is 0.420 e. The summed E-state index contributed by atoms with van der Waals surface area (Å²) in [6.07, 6.45) is -0.223. The minimum Gasteiger partial charge on any atom is -0.414 e. The van der Waals surface area contributed by atoms with E-state index in [1.54, 1.807) is 4.90 Å². The van der Waals surface area contributed by atoms with Gasteiger partial charge in [-0.3, -0.25) is 0 Å². The van der Waals surface area contributed by atoms with E-state index in [1.165, 1.54) is 11.8 Å². The van der Waals surface area contributed by atoms with Crippen LogP contribution in [0.2, 0.25) is 0 Å². The fraction of sp³-hybridized carbons (Fsp3) is 0.400. The molecule has 0 spiro atoms. The van der Waals surface area contributed by atoms with Crippen molar-refractivity contribution in [1.29, 1.82) is 0 Å². The lowest BCUT2D eigenvalue weighted by molar-refractivity contribution is -0.0204. The first-order valence-electron chi connectivity index (χ1n) is 2.61. The van der Waals surface area contributed by atoms with E-state index in [2.05, 4.69) is 0 Å². The molecule has 1 fully saturated rings. The van der Waals surface area contributed by atoms with Gasteiger partial charge in [0.2, 0.25) is 5.56 Å². The Labute approximate surface area is 56.7 Å². The number of ether oxygens (including phenoxy) is 1. The molecule has 1 saturated heterocycles. The number of nitrogens with zero attached hydrogens (tertiary/aromatic N) is 1. The van der Waals surface area contributed by atoms with Crippen LogP contribution in [0.4, 0.5) is 4.79 Å². The average molecular weight is 143 g/mol. The maximum absolute atomic E-state index is 10.6. The molecular formula is C5H5NO2S. The first-order chi connectivity index (χ1) is 4.29. The van der Waals surface area contributed by atoms with E-state index in [1.807, 2.05) is 12.3 Å². The van der Waals surface area contributed by atoms with Crippen LogP contribution < -0.4 is 0 Å². The monoisotopic (exact) mass is 143 g/mol. The zero-order valence-corrected chi connectivity index (χ0v) is 5.64. The Morgan fingerprint density at radius 1 is 1.89 bits per heavy atom. The van der Waals surface area contributed by atoms with E-state index >= 15 is 0 Å². The lowest BCUT2D eigenvalue weighted by Crippen LogP contribution is -2.48. The second-order valence-electron chi connectivity index (χ2n) is 1.96. The first kappa shape index (κ1) is 5.17. The number of fused-ring (bicyclic) bond motifs is 1. The van der Waals surface area contributed by atoms with Gasteiger partial charge in [-0.05, 0) is 12.3 Å². The molecule has 3 nitrogen and oxygen atoms in total. The van der Waals surface area contributed by atoms with Gasteiger partial charge in [0.25, 0.3) is 0 Å². The fourth-order valence-electron chi connectivity index (χ4n) is 0.845. The van der Waals surface area contributed by atoms with Crippen molar-refractivity contribution in [2.45, 2.75) is 12.5 Å². The molecule has 2 rings (SSSR count). The molecule has 0 aliphatic carbocycles. The molecule has 2 aliphatic heterocycles. The Hall–Kier alpha value is -0.640. The van der Waals surface area contributed by atoms with E-state index in [-0.39, 0.29) is 11.7 Å². The molecule has 0 saturated carbocycles. The minimum absolute atomic E-state index is 0.0440. The standard InChI is InChI=1S/C5H5NO2S/c1-3-2-9-5-6(3)4(7)8-5/h2,5H,1H3/t5-/m1/s1. The number of carbonyl (C=O) groups excluding carboxylic acids is 1. The topological polar surface area (TPSA) is 29.5 Å². The molecule has 9 heavy (non-hydrogen) atoms. The number of hydrogen-bond donors (Lipinski definition) is 0. The number of allylic oxidation sites excluding steroid dienone is 1. The number of carbonyl (C=O) groups is 1. The van der Waals surface area contributed by atoms with Crippen molar-refractivity contribution >= 4 is 17.9 Å². The van der Waals surface area contributed by atoms with Crippen molar-refractivity contribution in [3.05, 3.63) is 11.1 Å². The van der Waals surface area contributed by atoms with E-state index in [9.17, 15) is 4.79 Å². The molecule has 0 aromatic rings. The van der Waals surface area contributed by atoms with Gasteiger partial charge in [0.05, 0.1) is 0 Å². The summed E-state index contributed by atoms with van der Waals surface area (Å²) in [7, 11) is 0. The Morgan fingerprint density at radius 3 is 3.11 bits per heavy atom. The van der Waals surface area contributed by atoms with Gasteiger partial charge in [-0.2, -0.15) is 0 Å². The highest BCUT2D eigenvalue weighted by Crippen LogP contribution is 2.38. The summed E-state index contributed by atoms with van der Waals surface area (Å²) in [5.74, 6) is 0. The van der Waals surface area contributed by atoms with Crippen molar-refractivity contribution in [3.8, 4) is 0 Å².